The molecule has 2 fully saturated rings. The van der Waals surface area contributed by atoms with Gasteiger partial charge in [0.1, 0.15) is 11.4 Å². The van der Waals surface area contributed by atoms with E-state index in [-0.39, 0.29) is 12.0 Å². The average Bonchev–Trinajstić information content (AvgIpc) is 2.93. The van der Waals surface area contributed by atoms with Crippen molar-refractivity contribution in [3.63, 3.8) is 0 Å². The Kier molecular flexibility index (Phi) is 4.69. The average molecular weight is 318 g/mol. The number of ether oxygens (including phenoxy) is 2. The molecule has 2 aliphatic rings. The van der Waals surface area contributed by atoms with E-state index in [9.17, 15) is 9.59 Å². The van der Waals surface area contributed by atoms with E-state index in [2.05, 4.69) is 5.32 Å². The summed E-state index contributed by atoms with van der Waals surface area (Å²) in [5, 5.41) is 2.70. The molecule has 124 valence electrons. The number of alkyl carbamates (subject to hydrolysis) is 1. The lowest BCUT2D eigenvalue weighted by molar-refractivity contribution is -0.134. The highest BCUT2D eigenvalue weighted by molar-refractivity contribution is 5.76. The molecule has 1 aromatic rings. The number of likely N-dealkylation sites (tertiary alicyclic amines) is 1. The SMILES string of the molecule is O=C1NCC2(CCN(C(=O)CCCOc3ccccc3)CC2)O1. The number of carbonyl (C=O) groups is 2. The zero-order valence-corrected chi connectivity index (χ0v) is 13.1. The van der Waals surface area contributed by atoms with Crippen molar-refractivity contribution in [2.24, 2.45) is 0 Å². The Hall–Kier alpha value is -2.24. The molecule has 1 aromatic carbocycles. The molecule has 2 saturated heterocycles. The molecule has 6 heteroatoms. The molecule has 0 aliphatic carbocycles. The molecule has 0 atom stereocenters. The highest BCUT2D eigenvalue weighted by Crippen LogP contribution is 2.29. The zero-order chi connectivity index (χ0) is 16.1. The van der Waals surface area contributed by atoms with Crippen LogP contribution in [-0.4, -0.2) is 48.7 Å². The Morgan fingerprint density at radius 3 is 2.65 bits per heavy atom. The molecule has 0 aromatic heterocycles. The standard InChI is InChI=1S/C17H22N2O4/c20-15(7-4-12-22-14-5-2-1-3-6-14)19-10-8-17(9-11-19)13-18-16(21)23-17/h1-3,5-6H,4,7-13H2,(H,18,21). The number of piperidine rings is 1. The number of benzene rings is 1. The zero-order valence-electron chi connectivity index (χ0n) is 13.1. The molecule has 1 N–H and O–H groups in total. The van der Waals surface area contributed by atoms with Gasteiger partial charge in [0.25, 0.3) is 0 Å². The van der Waals surface area contributed by atoms with Gasteiger partial charge >= 0.3 is 6.09 Å². The van der Waals surface area contributed by atoms with E-state index in [1.807, 2.05) is 35.2 Å². The van der Waals surface area contributed by atoms with Gasteiger partial charge in [-0.25, -0.2) is 4.79 Å². The van der Waals surface area contributed by atoms with Gasteiger partial charge in [0.2, 0.25) is 5.91 Å². The summed E-state index contributed by atoms with van der Waals surface area (Å²) < 4.78 is 11.0. The number of amides is 2. The van der Waals surface area contributed by atoms with Crippen LogP contribution in [0.3, 0.4) is 0 Å². The van der Waals surface area contributed by atoms with E-state index in [1.165, 1.54) is 0 Å². The number of para-hydroxylation sites is 1. The van der Waals surface area contributed by atoms with Gasteiger partial charge in [0, 0.05) is 32.4 Å². The van der Waals surface area contributed by atoms with Crippen molar-refractivity contribution in [3.8, 4) is 5.75 Å². The van der Waals surface area contributed by atoms with Crippen LogP contribution in [0.5, 0.6) is 5.75 Å². The topological polar surface area (TPSA) is 67.9 Å². The maximum Gasteiger partial charge on any atom is 0.407 e. The maximum absolute atomic E-state index is 12.2. The largest absolute Gasteiger partial charge is 0.494 e. The monoisotopic (exact) mass is 318 g/mol. The van der Waals surface area contributed by atoms with Crippen LogP contribution in [0.15, 0.2) is 30.3 Å². The van der Waals surface area contributed by atoms with Crippen LogP contribution in [-0.2, 0) is 9.53 Å². The van der Waals surface area contributed by atoms with Crippen LogP contribution in [0.1, 0.15) is 25.7 Å². The second-order valence-electron chi connectivity index (χ2n) is 6.07. The Labute approximate surface area is 135 Å². The van der Waals surface area contributed by atoms with Crippen LogP contribution >= 0.6 is 0 Å². The third kappa shape index (κ3) is 3.94. The van der Waals surface area contributed by atoms with Crippen molar-refractivity contribution < 1.29 is 19.1 Å². The highest BCUT2D eigenvalue weighted by Gasteiger charge is 2.43. The molecular weight excluding hydrogens is 296 g/mol. The van der Waals surface area contributed by atoms with Crippen LogP contribution in [0, 0.1) is 0 Å². The third-order valence-electron chi connectivity index (χ3n) is 4.44. The van der Waals surface area contributed by atoms with Gasteiger partial charge in [-0.15, -0.1) is 0 Å². The Balaban J connectivity index is 1.36. The summed E-state index contributed by atoms with van der Waals surface area (Å²) >= 11 is 0. The molecule has 1 spiro atoms. The summed E-state index contributed by atoms with van der Waals surface area (Å²) in [4.78, 5) is 25.3. The van der Waals surface area contributed by atoms with Crippen molar-refractivity contribution in [2.45, 2.75) is 31.3 Å². The van der Waals surface area contributed by atoms with Gasteiger partial charge in [-0.3, -0.25) is 4.79 Å². The molecule has 0 saturated carbocycles. The fourth-order valence-electron chi connectivity index (χ4n) is 3.03. The van der Waals surface area contributed by atoms with E-state index < -0.39 is 5.60 Å². The molecular formula is C17H22N2O4. The third-order valence-corrected chi connectivity index (χ3v) is 4.44. The Morgan fingerprint density at radius 2 is 2.00 bits per heavy atom. The number of nitrogens with one attached hydrogen (secondary N) is 1. The van der Waals surface area contributed by atoms with Crippen molar-refractivity contribution in [1.82, 2.24) is 10.2 Å². The van der Waals surface area contributed by atoms with Gasteiger partial charge in [-0.1, -0.05) is 18.2 Å². The molecule has 23 heavy (non-hydrogen) atoms. The van der Waals surface area contributed by atoms with Gasteiger partial charge in [0.15, 0.2) is 0 Å². The van der Waals surface area contributed by atoms with Crippen LogP contribution in [0.2, 0.25) is 0 Å². The van der Waals surface area contributed by atoms with Crippen molar-refractivity contribution >= 4 is 12.0 Å². The molecule has 3 rings (SSSR count). The quantitative estimate of drug-likeness (QED) is 0.843. The predicted molar refractivity (Wildman–Crippen MR) is 84.2 cm³/mol. The highest BCUT2D eigenvalue weighted by atomic mass is 16.6. The number of nitrogens with zero attached hydrogens (tertiary/aromatic N) is 1. The minimum atomic E-state index is -0.399. The minimum absolute atomic E-state index is 0.147. The summed E-state index contributed by atoms with van der Waals surface area (Å²) in [6.07, 6.45) is 2.25. The lowest BCUT2D eigenvalue weighted by atomic mass is 9.91. The lowest BCUT2D eigenvalue weighted by Gasteiger charge is -2.37. The molecule has 0 bridgehead atoms. The number of hydrogen-bond donors (Lipinski definition) is 1. The van der Waals surface area contributed by atoms with E-state index in [1.54, 1.807) is 0 Å². The fourth-order valence-corrected chi connectivity index (χ4v) is 3.03. The van der Waals surface area contributed by atoms with Crippen molar-refractivity contribution in [3.05, 3.63) is 30.3 Å². The number of carbonyl (C=O) groups excluding carboxylic acids is 2. The first kappa shape index (κ1) is 15.6. The van der Waals surface area contributed by atoms with Gasteiger partial charge in [-0.05, 0) is 18.6 Å². The normalized spacial score (nSPS) is 19.3. The first-order chi connectivity index (χ1) is 11.2. The maximum atomic E-state index is 12.2. The van der Waals surface area contributed by atoms with Gasteiger partial charge in [0.05, 0.1) is 13.2 Å². The minimum Gasteiger partial charge on any atom is -0.494 e. The van der Waals surface area contributed by atoms with E-state index in [4.69, 9.17) is 9.47 Å². The van der Waals surface area contributed by atoms with E-state index >= 15 is 0 Å². The van der Waals surface area contributed by atoms with Gasteiger partial charge in [-0.2, -0.15) is 0 Å². The van der Waals surface area contributed by atoms with Crippen LogP contribution in [0.4, 0.5) is 4.79 Å². The summed E-state index contributed by atoms with van der Waals surface area (Å²) in [5.41, 5.74) is -0.399. The fraction of sp³-hybridized carbons (Fsp3) is 0.529. The Morgan fingerprint density at radius 1 is 1.26 bits per heavy atom. The first-order valence-electron chi connectivity index (χ1n) is 8.09. The first-order valence-corrected chi connectivity index (χ1v) is 8.09. The van der Waals surface area contributed by atoms with Crippen LogP contribution < -0.4 is 10.1 Å². The molecule has 0 radical (unpaired) electrons. The molecule has 2 heterocycles. The predicted octanol–water partition coefficient (Wildman–Crippen LogP) is 1.95. The number of rotatable bonds is 5. The van der Waals surface area contributed by atoms with Gasteiger partial charge < -0.3 is 19.7 Å². The van der Waals surface area contributed by atoms with Crippen molar-refractivity contribution in [2.75, 3.05) is 26.2 Å². The van der Waals surface area contributed by atoms with E-state index in [0.29, 0.717) is 51.9 Å². The summed E-state index contributed by atoms with van der Waals surface area (Å²) in [5.74, 6) is 0.976. The van der Waals surface area contributed by atoms with Crippen molar-refractivity contribution in [1.29, 1.82) is 0 Å². The molecule has 0 unspecified atom stereocenters. The second-order valence-corrected chi connectivity index (χ2v) is 6.07. The number of hydrogen-bond acceptors (Lipinski definition) is 4. The van der Waals surface area contributed by atoms with E-state index in [0.717, 1.165) is 5.75 Å². The summed E-state index contributed by atoms with van der Waals surface area (Å²) in [6, 6.07) is 9.60. The smallest absolute Gasteiger partial charge is 0.407 e. The lowest BCUT2D eigenvalue weighted by Crippen LogP contribution is -2.48. The van der Waals surface area contributed by atoms with Crippen LogP contribution in [0.25, 0.3) is 0 Å². The Bertz CT molecular complexity index is 553. The second kappa shape index (κ2) is 6.89. The summed E-state index contributed by atoms with van der Waals surface area (Å²) in [7, 11) is 0. The molecule has 2 amide bonds. The molecule has 6 nitrogen and oxygen atoms in total. The summed E-state index contributed by atoms with van der Waals surface area (Å²) in [6.45, 7) is 2.38. The molecule has 2 aliphatic heterocycles.